The van der Waals surface area contributed by atoms with E-state index in [0.717, 1.165) is 62.2 Å². The zero-order valence-corrected chi connectivity index (χ0v) is 33.0. The van der Waals surface area contributed by atoms with Gasteiger partial charge in [0.1, 0.15) is 24.0 Å². The van der Waals surface area contributed by atoms with Crippen LogP contribution in [0.15, 0.2) is 48.5 Å². The third-order valence-electron chi connectivity index (χ3n) is 12.3. The Morgan fingerprint density at radius 2 is 1.65 bits per heavy atom. The van der Waals surface area contributed by atoms with Gasteiger partial charge in [-0.1, -0.05) is 39.3 Å². The van der Waals surface area contributed by atoms with Crippen LogP contribution in [-0.4, -0.2) is 114 Å². The normalized spacial score (nSPS) is 24.3. The quantitative estimate of drug-likeness (QED) is 0.303. The number of hydrogen-bond acceptors (Lipinski definition) is 12. The number of carbonyl (C=O) groups is 5. The number of fused-ring (bicyclic) bond motifs is 1. The van der Waals surface area contributed by atoms with Gasteiger partial charge in [-0.05, 0) is 48.9 Å². The van der Waals surface area contributed by atoms with E-state index in [4.69, 9.17) is 16.3 Å². The summed E-state index contributed by atoms with van der Waals surface area (Å²) >= 11 is 6.23. The summed E-state index contributed by atoms with van der Waals surface area (Å²) in [5.41, 5.74) is 1.24. The van der Waals surface area contributed by atoms with Crippen molar-refractivity contribution >= 4 is 52.6 Å². The molecule has 296 valence electrons. The van der Waals surface area contributed by atoms with Gasteiger partial charge < -0.3 is 19.9 Å². The topological polar surface area (TPSA) is 181 Å². The molecule has 0 radical (unpaired) electrons. The molecule has 8 rings (SSSR count). The van der Waals surface area contributed by atoms with Gasteiger partial charge in [0.15, 0.2) is 11.5 Å². The maximum Gasteiger partial charge on any atom is 0.272 e. The van der Waals surface area contributed by atoms with Crippen molar-refractivity contribution in [3.05, 3.63) is 75.9 Å². The van der Waals surface area contributed by atoms with Crippen molar-refractivity contribution < 1.29 is 28.7 Å². The Labute approximate surface area is 335 Å². The molecule has 2 aromatic carbocycles. The second-order valence-electron chi connectivity index (χ2n) is 16.8. The lowest BCUT2D eigenvalue weighted by molar-refractivity contribution is -0.164. The number of ether oxygens (including phenoxy) is 1. The average Bonchev–Trinajstić information content (AvgIpc) is 3.42. The van der Waals surface area contributed by atoms with E-state index in [1.807, 2.05) is 12.1 Å². The van der Waals surface area contributed by atoms with Crippen LogP contribution in [0.5, 0.6) is 5.75 Å². The molecule has 1 aromatic heterocycles. The van der Waals surface area contributed by atoms with Gasteiger partial charge in [0, 0.05) is 86.8 Å². The minimum Gasteiger partial charge on any atom is -0.489 e. The van der Waals surface area contributed by atoms with E-state index in [0.29, 0.717) is 22.3 Å². The van der Waals surface area contributed by atoms with Gasteiger partial charge in [-0.15, -0.1) is 10.2 Å². The fraction of sp³-hybridized carbons (Fsp3) is 0.463. The summed E-state index contributed by atoms with van der Waals surface area (Å²) in [6, 6.07) is 14.7. The van der Waals surface area contributed by atoms with Crippen LogP contribution in [0.3, 0.4) is 0 Å². The summed E-state index contributed by atoms with van der Waals surface area (Å²) in [6.07, 6.45) is -0.0145. The number of benzene rings is 2. The van der Waals surface area contributed by atoms with E-state index in [2.05, 4.69) is 69.3 Å². The standard InChI is InChI=1S/C41H44ClN9O6/c1-40(2)38(41(3,4)39(40)57-26-7-5-24(19-43)29(42)18-26)45-34(53)30-9-11-32(47-46-30)50-21-23(22-50)20-48-13-15-49(16-14-48)25-6-8-27-28(17-25)37(56)51(36(27)55)31-10-12-33(52)44-35(31)54/h5-9,11,17-18,23,31,38-39H,10,12-16,20-22H2,1-4H3,(H,45,53)(H,44,52,54)/t31?,38-,39-. The molecule has 5 aliphatic rings. The molecule has 4 aliphatic heterocycles. The van der Waals surface area contributed by atoms with Gasteiger partial charge in [-0.2, -0.15) is 5.26 Å². The minimum atomic E-state index is -0.986. The Kier molecular flexibility index (Phi) is 9.68. The first-order valence-electron chi connectivity index (χ1n) is 19.2. The Morgan fingerprint density at radius 3 is 2.30 bits per heavy atom. The summed E-state index contributed by atoms with van der Waals surface area (Å²) < 4.78 is 6.34. The van der Waals surface area contributed by atoms with Crippen molar-refractivity contribution in [3.8, 4) is 11.8 Å². The molecular weight excluding hydrogens is 750 g/mol. The molecule has 2 N–H and O–H groups in total. The number of carbonyl (C=O) groups excluding carboxylic acids is 5. The maximum atomic E-state index is 13.3. The zero-order chi connectivity index (χ0) is 40.4. The van der Waals surface area contributed by atoms with E-state index in [1.165, 1.54) is 0 Å². The lowest BCUT2D eigenvalue weighted by Gasteiger charge is -2.63. The Bertz CT molecular complexity index is 2190. The number of piperidine rings is 1. The summed E-state index contributed by atoms with van der Waals surface area (Å²) in [5.74, 6) is -0.565. The molecule has 1 atom stereocenters. The fourth-order valence-electron chi connectivity index (χ4n) is 9.50. The number of aromatic nitrogens is 2. The molecule has 3 saturated heterocycles. The van der Waals surface area contributed by atoms with Crippen molar-refractivity contribution in [3.63, 3.8) is 0 Å². The van der Waals surface area contributed by atoms with E-state index in [-0.39, 0.29) is 47.7 Å². The molecule has 0 bridgehead atoms. The van der Waals surface area contributed by atoms with Crippen LogP contribution in [0.2, 0.25) is 5.02 Å². The van der Waals surface area contributed by atoms with Crippen LogP contribution in [-0.2, 0) is 9.59 Å². The van der Waals surface area contributed by atoms with Crippen LogP contribution < -0.4 is 25.2 Å². The van der Waals surface area contributed by atoms with Gasteiger partial charge in [-0.25, -0.2) is 0 Å². The van der Waals surface area contributed by atoms with E-state index >= 15 is 0 Å². The molecule has 3 aromatic rings. The molecule has 5 heterocycles. The highest BCUT2D eigenvalue weighted by Gasteiger charge is 2.64. The van der Waals surface area contributed by atoms with Gasteiger partial charge >= 0.3 is 0 Å². The first-order valence-corrected chi connectivity index (χ1v) is 19.6. The van der Waals surface area contributed by atoms with Crippen LogP contribution in [0.1, 0.15) is 77.3 Å². The number of halogens is 1. The Balaban J connectivity index is 0.793. The van der Waals surface area contributed by atoms with Crippen molar-refractivity contribution in [2.75, 3.05) is 55.6 Å². The fourth-order valence-corrected chi connectivity index (χ4v) is 9.71. The molecule has 5 amide bonds. The first-order chi connectivity index (χ1) is 27.1. The lowest BCUT2D eigenvalue weighted by atomic mass is 9.49. The summed E-state index contributed by atoms with van der Waals surface area (Å²) in [7, 11) is 0. The molecule has 15 nitrogen and oxygen atoms in total. The highest BCUT2D eigenvalue weighted by molar-refractivity contribution is 6.31. The second kappa shape index (κ2) is 14.4. The number of anilines is 2. The molecule has 1 aliphatic carbocycles. The molecule has 4 fully saturated rings. The van der Waals surface area contributed by atoms with Gasteiger partial charge in [0.2, 0.25) is 11.8 Å². The Hall–Kier alpha value is -5.59. The van der Waals surface area contributed by atoms with Gasteiger partial charge in [0.25, 0.3) is 17.7 Å². The summed E-state index contributed by atoms with van der Waals surface area (Å²) in [4.78, 5) is 71.6. The zero-order valence-electron chi connectivity index (χ0n) is 32.3. The van der Waals surface area contributed by atoms with E-state index in [9.17, 15) is 29.2 Å². The monoisotopic (exact) mass is 793 g/mol. The van der Waals surface area contributed by atoms with Gasteiger partial charge in [-0.3, -0.25) is 39.1 Å². The predicted octanol–water partition coefficient (Wildman–Crippen LogP) is 3.27. The van der Waals surface area contributed by atoms with Crippen LogP contribution in [0, 0.1) is 28.1 Å². The number of amides is 5. The predicted molar refractivity (Wildman–Crippen MR) is 209 cm³/mol. The molecule has 0 spiro atoms. The number of hydrogen-bond donors (Lipinski definition) is 2. The van der Waals surface area contributed by atoms with Crippen LogP contribution >= 0.6 is 11.6 Å². The van der Waals surface area contributed by atoms with Crippen molar-refractivity contribution in [1.29, 1.82) is 5.26 Å². The van der Waals surface area contributed by atoms with E-state index in [1.54, 1.807) is 36.4 Å². The van der Waals surface area contributed by atoms with Crippen molar-refractivity contribution in [2.24, 2.45) is 16.7 Å². The summed E-state index contributed by atoms with van der Waals surface area (Å²) in [6.45, 7) is 14.0. The SMILES string of the molecule is CC1(C)[C@H](NC(=O)c2ccc(N3CC(CN4CCN(c5ccc6c(c5)C(=O)N(C5CCC(=O)NC5=O)C6=O)CC4)C3)nn2)C(C)(C)[C@H]1Oc1ccc(C#N)c(Cl)c1. The molecule has 16 heteroatoms. The third kappa shape index (κ3) is 6.84. The highest BCUT2D eigenvalue weighted by atomic mass is 35.5. The number of imide groups is 2. The van der Waals surface area contributed by atoms with Crippen LogP contribution in [0.25, 0.3) is 0 Å². The van der Waals surface area contributed by atoms with Gasteiger partial charge in [0.05, 0.1) is 21.7 Å². The maximum absolute atomic E-state index is 13.3. The molecule has 1 unspecified atom stereocenters. The Morgan fingerprint density at radius 1 is 0.930 bits per heavy atom. The first kappa shape index (κ1) is 38.3. The number of piperazine rings is 1. The number of nitriles is 1. The average molecular weight is 794 g/mol. The molecular formula is C41H44ClN9O6. The van der Waals surface area contributed by atoms with Crippen LogP contribution in [0.4, 0.5) is 11.5 Å². The highest BCUT2D eigenvalue weighted by Crippen LogP contribution is 2.55. The number of nitrogens with zero attached hydrogens (tertiary/aromatic N) is 7. The third-order valence-corrected chi connectivity index (χ3v) is 12.6. The van der Waals surface area contributed by atoms with E-state index < -0.39 is 40.5 Å². The smallest absolute Gasteiger partial charge is 0.272 e. The van der Waals surface area contributed by atoms with Crippen molar-refractivity contribution in [1.82, 2.24) is 30.6 Å². The summed E-state index contributed by atoms with van der Waals surface area (Å²) in [5, 5.41) is 23.6. The second-order valence-corrected chi connectivity index (χ2v) is 17.2. The number of nitrogens with one attached hydrogen (secondary N) is 2. The largest absolute Gasteiger partial charge is 0.489 e. The lowest BCUT2D eigenvalue weighted by Crippen LogP contribution is -2.74. The van der Waals surface area contributed by atoms with Crippen molar-refractivity contribution in [2.45, 2.75) is 58.7 Å². The minimum absolute atomic E-state index is 0.0812. The molecule has 1 saturated carbocycles. The molecule has 57 heavy (non-hydrogen) atoms. The number of rotatable bonds is 9.